The Balaban J connectivity index is 1.41. The van der Waals surface area contributed by atoms with Crippen molar-refractivity contribution in [1.29, 1.82) is 0 Å². The molecule has 0 bridgehead atoms. The van der Waals surface area contributed by atoms with E-state index in [0.717, 1.165) is 24.0 Å². The molecule has 2 amide bonds. The van der Waals surface area contributed by atoms with E-state index < -0.39 is 12.0 Å². The second-order valence-corrected chi connectivity index (χ2v) is 7.43. The summed E-state index contributed by atoms with van der Waals surface area (Å²) in [7, 11) is 0. The van der Waals surface area contributed by atoms with Crippen LogP contribution in [-0.2, 0) is 27.3 Å². The maximum Gasteiger partial charge on any atom is 0.326 e. The maximum atomic E-state index is 12.7. The van der Waals surface area contributed by atoms with Crippen LogP contribution in [0.25, 0.3) is 0 Å². The molecule has 1 aliphatic heterocycles. The highest BCUT2D eigenvalue weighted by atomic mass is 16.5. The quantitative estimate of drug-likeness (QED) is 0.785. The van der Waals surface area contributed by atoms with Crippen molar-refractivity contribution >= 4 is 23.5 Å². The molecule has 0 radical (unpaired) electrons. The van der Waals surface area contributed by atoms with Crippen LogP contribution in [0, 0.1) is 5.92 Å². The van der Waals surface area contributed by atoms with Crippen LogP contribution in [0.1, 0.15) is 24.0 Å². The SMILES string of the molecule is O=C(Nc1cccc(OCC(=O)N2Cc3ccccc3CC2C(=O)O)c1)C1CC1. The number of nitrogens with zero attached hydrogens (tertiary/aromatic N) is 1. The number of rotatable bonds is 6. The molecule has 2 aromatic carbocycles. The van der Waals surface area contributed by atoms with Crippen LogP contribution in [0.15, 0.2) is 48.5 Å². The molecule has 150 valence electrons. The molecule has 2 aromatic rings. The second kappa shape index (κ2) is 7.95. The first-order valence-electron chi connectivity index (χ1n) is 9.64. The lowest BCUT2D eigenvalue weighted by molar-refractivity contribution is -0.152. The first kappa shape index (κ1) is 19.0. The van der Waals surface area contributed by atoms with Crippen molar-refractivity contribution in [3.63, 3.8) is 0 Å². The third-order valence-electron chi connectivity index (χ3n) is 5.27. The third-order valence-corrected chi connectivity index (χ3v) is 5.27. The number of hydrogen-bond acceptors (Lipinski definition) is 4. The van der Waals surface area contributed by atoms with Gasteiger partial charge in [-0.1, -0.05) is 30.3 Å². The van der Waals surface area contributed by atoms with Gasteiger partial charge in [0.2, 0.25) is 5.91 Å². The maximum absolute atomic E-state index is 12.7. The summed E-state index contributed by atoms with van der Waals surface area (Å²) in [4.78, 5) is 37.7. The fraction of sp³-hybridized carbons (Fsp3) is 0.318. The van der Waals surface area contributed by atoms with Gasteiger partial charge in [-0.15, -0.1) is 0 Å². The molecule has 7 nitrogen and oxygen atoms in total. The van der Waals surface area contributed by atoms with E-state index in [1.165, 1.54) is 4.90 Å². The molecular weight excluding hydrogens is 372 g/mol. The van der Waals surface area contributed by atoms with Gasteiger partial charge in [0.25, 0.3) is 5.91 Å². The fourth-order valence-corrected chi connectivity index (χ4v) is 3.49. The van der Waals surface area contributed by atoms with Crippen molar-refractivity contribution in [1.82, 2.24) is 4.90 Å². The predicted molar refractivity (Wildman–Crippen MR) is 105 cm³/mol. The number of carbonyl (C=O) groups excluding carboxylic acids is 2. The van der Waals surface area contributed by atoms with E-state index in [-0.39, 0.29) is 37.3 Å². The van der Waals surface area contributed by atoms with Crippen LogP contribution >= 0.6 is 0 Å². The summed E-state index contributed by atoms with van der Waals surface area (Å²) in [6.07, 6.45) is 2.11. The number of aliphatic carboxylic acids is 1. The minimum Gasteiger partial charge on any atom is -0.484 e. The van der Waals surface area contributed by atoms with E-state index in [1.54, 1.807) is 24.3 Å². The largest absolute Gasteiger partial charge is 0.484 e. The van der Waals surface area contributed by atoms with E-state index in [4.69, 9.17) is 4.74 Å². The van der Waals surface area contributed by atoms with Gasteiger partial charge in [-0.05, 0) is 36.1 Å². The molecule has 2 aliphatic rings. The first-order valence-corrected chi connectivity index (χ1v) is 9.64. The zero-order chi connectivity index (χ0) is 20.4. The zero-order valence-corrected chi connectivity index (χ0v) is 15.8. The van der Waals surface area contributed by atoms with Gasteiger partial charge in [-0.2, -0.15) is 0 Å². The van der Waals surface area contributed by atoms with Gasteiger partial charge in [0.1, 0.15) is 11.8 Å². The highest BCUT2D eigenvalue weighted by molar-refractivity contribution is 5.94. The molecule has 1 saturated carbocycles. The Morgan fingerprint density at radius 2 is 1.83 bits per heavy atom. The topological polar surface area (TPSA) is 95.9 Å². The van der Waals surface area contributed by atoms with Gasteiger partial charge in [0, 0.05) is 30.6 Å². The highest BCUT2D eigenvalue weighted by Gasteiger charge is 2.34. The van der Waals surface area contributed by atoms with Crippen molar-refractivity contribution in [2.45, 2.75) is 31.8 Å². The number of carboxylic acid groups (broad SMARTS) is 1. The van der Waals surface area contributed by atoms with Gasteiger partial charge < -0.3 is 20.1 Å². The summed E-state index contributed by atoms with van der Waals surface area (Å²) in [5.74, 6) is -0.890. The molecule has 1 fully saturated rings. The molecule has 1 heterocycles. The average Bonchev–Trinajstić information content (AvgIpc) is 3.57. The molecule has 7 heteroatoms. The Kier molecular flexibility index (Phi) is 5.20. The van der Waals surface area contributed by atoms with Crippen molar-refractivity contribution in [2.24, 2.45) is 5.92 Å². The molecular formula is C22H22N2O5. The lowest BCUT2D eigenvalue weighted by atomic mass is 9.94. The predicted octanol–water partition coefficient (Wildman–Crippen LogP) is 2.45. The normalized spacial score (nSPS) is 17.9. The molecule has 29 heavy (non-hydrogen) atoms. The molecule has 0 saturated heterocycles. The Morgan fingerprint density at radius 1 is 1.07 bits per heavy atom. The summed E-state index contributed by atoms with van der Waals surface area (Å²) in [6, 6.07) is 13.5. The van der Waals surface area contributed by atoms with Crippen LogP contribution < -0.4 is 10.1 Å². The van der Waals surface area contributed by atoms with Gasteiger partial charge in [-0.25, -0.2) is 4.79 Å². The Bertz CT molecular complexity index is 954. The smallest absolute Gasteiger partial charge is 0.326 e. The number of carbonyl (C=O) groups is 3. The van der Waals surface area contributed by atoms with Crippen molar-refractivity contribution in [3.8, 4) is 5.75 Å². The van der Waals surface area contributed by atoms with Gasteiger partial charge >= 0.3 is 5.97 Å². The number of ether oxygens (including phenoxy) is 1. The Labute approximate surface area is 168 Å². The Hall–Kier alpha value is -3.35. The second-order valence-electron chi connectivity index (χ2n) is 7.43. The van der Waals surface area contributed by atoms with E-state index >= 15 is 0 Å². The van der Waals surface area contributed by atoms with Crippen molar-refractivity contribution in [2.75, 3.05) is 11.9 Å². The number of nitrogens with one attached hydrogen (secondary N) is 1. The van der Waals surface area contributed by atoms with Crippen LogP contribution in [-0.4, -0.2) is 40.4 Å². The average molecular weight is 394 g/mol. The number of hydrogen-bond donors (Lipinski definition) is 2. The lowest BCUT2D eigenvalue weighted by Crippen LogP contribution is -2.50. The van der Waals surface area contributed by atoms with Crippen LogP contribution in [0.3, 0.4) is 0 Å². The standard InChI is InChI=1S/C22H22N2O5/c25-20(24-12-16-5-2-1-4-15(16)10-19(24)22(27)28)13-29-18-7-3-6-17(11-18)23-21(26)14-8-9-14/h1-7,11,14,19H,8-10,12-13H2,(H,23,26)(H,27,28). The van der Waals surface area contributed by atoms with Crippen LogP contribution in [0.5, 0.6) is 5.75 Å². The van der Waals surface area contributed by atoms with Gasteiger partial charge in [0.05, 0.1) is 0 Å². The molecule has 1 unspecified atom stereocenters. The summed E-state index contributed by atoms with van der Waals surface area (Å²) in [6.45, 7) is -0.0290. The number of carboxylic acids is 1. The number of fused-ring (bicyclic) bond motifs is 1. The van der Waals surface area contributed by atoms with Crippen molar-refractivity contribution < 1.29 is 24.2 Å². The summed E-state index contributed by atoms with van der Waals surface area (Å²) in [5, 5.41) is 12.4. The zero-order valence-electron chi connectivity index (χ0n) is 15.8. The van der Waals surface area contributed by atoms with E-state index in [2.05, 4.69) is 5.32 Å². The molecule has 1 aliphatic carbocycles. The van der Waals surface area contributed by atoms with E-state index in [0.29, 0.717) is 11.4 Å². The van der Waals surface area contributed by atoms with E-state index in [9.17, 15) is 19.5 Å². The Morgan fingerprint density at radius 3 is 2.55 bits per heavy atom. The molecule has 4 rings (SSSR count). The van der Waals surface area contributed by atoms with E-state index in [1.807, 2.05) is 24.3 Å². The number of benzene rings is 2. The summed E-state index contributed by atoms with van der Waals surface area (Å²) < 4.78 is 5.60. The molecule has 1 atom stereocenters. The summed E-state index contributed by atoms with van der Waals surface area (Å²) in [5.41, 5.74) is 2.51. The minimum absolute atomic E-state index is 0.00508. The molecule has 0 spiro atoms. The monoisotopic (exact) mass is 394 g/mol. The van der Waals surface area contributed by atoms with Gasteiger partial charge in [0.15, 0.2) is 6.61 Å². The third kappa shape index (κ3) is 4.39. The van der Waals surface area contributed by atoms with Crippen LogP contribution in [0.4, 0.5) is 5.69 Å². The van der Waals surface area contributed by atoms with Crippen LogP contribution in [0.2, 0.25) is 0 Å². The molecule has 2 N–H and O–H groups in total. The van der Waals surface area contributed by atoms with Crippen molar-refractivity contribution in [3.05, 3.63) is 59.7 Å². The molecule has 0 aromatic heterocycles. The number of amides is 2. The number of anilines is 1. The first-order chi connectivity index (χ1) is 14.0. The highest BCUT2D eigenvalue weighted by Crippen LogP contribution is 2.30. The van der Waals surface area contributed by atoms with Gasteiger partial charge in [-0.3, -0.25) is 9.59 Å². The summed E-state index contributed by atoms with van der Waals surface area (Å²) >= 11 is 0. The minimum atomic E-state index is -1.03. The fourth-order valence-electron chi connectivity index (χ4n) is 3.49. The lowest BCUT2D eigenvalue weighted by Gasteiger charge is -2.34.